The maximum Gasteiger partial charge on any atom is 0.0466 e. The fourth-order valence-corrected chi connectivity index (χ4v) is 1.97. The van der Waals surface area contributed by atoms with Crippen LogP contribution in [-0.4, -0.2) is 4.75 Å². The molecule has 0 bridgehead atoms. The molecule has 1 atom stereocenters. The van der Waals surface area contributed by atoms with Crippen LogP contribution >= 0.6 is 12.6 Å². The summed E-state index contributed by atoms with van der Waals surface area (Å²) in [6, 6.07) is 0. The van der Waals surface area contributed by atoms with Crippen LogP contribution in [0, 0.1) is 5.41 Å². The topological polar surface area (TPSA) is 0 Å². The van der Waals surface area contributed by atoms with Crippen molar-refractivity contribution in [1.82, 2.24) is 0 Å². The number of hydrogen-bond acceptors (Lipinski definition) is 1. The lowest BCUT2D eigenvalue weighted by atomic mass is 9.85. The highest BCUT2D eigenvalue weighted by Crippen LogP contribution is 2.31. The Kier molecular flexibility index (Phi) is 3.01. The predicted octanol–water partition coefficient (Wildman–Crippen LogP) is 4.16. The Hall–Kier alpha value is -0.430. The number of rotatable bonds is 0. The minimum Gasteiger partial charge on any atom is -0.164 e. The van der Waals surface area contributed by atoms with Crippen LogP contribution in [0.1, 0.15) is 34.6 Å². The molecule has 0 heterocycles. The molecule has 1 heteroatoms. The molecule has 0 aliphatic heterocycles. The lowest BCUT2D eigenvalue weighted by Gasteiger charge is -2.24. The normalized spacial score (nSPS) is 41.3. The van der Waals surface area contributed by atoms with Gasteiger partial charge >= 0.3 is 0 Å². The third-order valence-electron chi connectivity index (χ3n) is 2.57. The molecule has 1 aliphatic rings. The van der Waals surface area contributed by atoms with Gasteiger partial charge in [-0.15, -0.1) is 0 Å². The zero-order chi connectivity index (χ0) is 11.0. The van der Waals surface area contributed by atoms with Gasteiger partial charge in [-0.2, -0.15) is 12.6 Å². The van der Waals surface area contributed by atoms with E-state index in [1.807, 2.05) is 0 Å². The van der Waals surface area contributed by atoms with Crippen molar-refractivity contribution >= 4 is 12.6 Å². The first-order valence-corrected chi connectivity index (χ1v) is 5.49. The molecule has 1 unspecified atom stereocenters. The van der Waals surface area contributed by atoms with Gasteiger partial charge in [0.1, 0.15) is 0 Å². The van der Waals surface area contributed by atoms with E-state index in [0.717, 1.165) is 0 Å². The van der Waals surface area contributed by atoms with Gasteiger partial charge in [0.2, 0.25) is 0 Å². The molecular weight excluding hydrogens is 188 g/mol. The standard InChI is InChI=1S/C13H20S/c1-10-8-12(3,4)6-7-13(5,14)9-11(10)2/h6-9,14H,1-5H3/b7-6-,10-8-,11-9-. The smallest absolute Gasteiger partial charge is 0.0466 e. The van der Waals surface area contributed by atoms with E-state index in [1.165, 1.54) is 11.1 Å². The molecule has 0 aromatic carbocycles. The minimum absolute atomic E-state index is 0.128. The molecule has 0 spiro atoms. The monoisotopic (exact) mass is 208 g/mol. The van der Waals surface area contributed by atoms with Gasteiger partial charge in [-0.05, 0) is 20.8 Å². The third kappa shape index (κ3) is 3.06. The van der Waals surface area contributed by atoms with Gasteiger partial charge in [0.05, 0.1) is 0 Å². The molecule has 0 nitrogen and oxygen atoms in total. The third-order valence-corrected chi connectivity index (χ3v) is 2.85. The van der Waals surface area contributed by atoms with Crippen molar-refractivity contribution in [2.45, 2.75) is 39.4 Å². The van der Waals surface area contributed by atoms with Crippen molar-refractivity contribution < 1.29 is 0 Å². The molecule has 0 N–H and O–H groups in total. The van der Waals surface area contributed by atoms with Crippen LogP contribution in [0.5, 0.6) is 0 Å². The van der Waals surface area contributed by atoms with Crippen LogP contribution in [-0.2, 0) is 0 Å². The van der Waals surface area contributed by atoms with Crippen molar-refractivity contribution in [2.24, 2.45) is 5.41 Å². The molecule has 14 heavy (non-hydrogen) atoms. The Balaban J connectivity index is 3.24. The summed E-state index contributed by atoms with van der Waals surface area (Å²) in [7, 11) is 0. The average molecular weight is 208 g/mol. The molecule has 0 aromatic heterocycles. The van der Waals surface area contributed by atoms with E-state index in [2.05, 4.69) is 71.6 Å². The second kappa shape index (κ2) is 3.62. The van der Waals surface area contributed by atoms with E-state index in [-0.39, 0.29) is 10.2 Å². The van der Waals surface area contributed by atoms with Gasteiger partial charge in [-0.25, -0.2) is 0 Å². The fraction of sp³-hybridized carbons (Fsp3) is 0.538. The predicted molar refractivity (Wildman–Crippen MR) is 67.8 cm³/mol. The fourth-order valence-electron chi connectivity index (χ4n) is 1.70. The summed E-state index contributed by atoms with van der Waals surface area (Å²) in [6.07, 6.45) is 8.90. The highest BCUT2D eigenvalue weighted by molar-refractivity contribution is 7.82. The van der Waals surface area contributed by atoms with Crippen molar-refractivity contribution in [3.05, 3.63) is 35.5 Å². The first-order chi connectivity index (χ1) is 6.22. The Morgan fingerprint density at radius 2 is 1.43 bits per heavy atom. The maximum atomic E-state index is 4.62. The average Bonchev–Trinajstić information content (AvgIpc) is 1.98. The summed E-state index contributed by atoms with van der Waals surface area (Å²) in [4.78, 5) is 0. The van der Waals surface area contributed by atoms with Crippen LogP contribution in [0.3, 0.4) is 0 Å². The SMILES string of the molecule is CC1=C/C(C)(C)/C=C\C(C)(S)/C=C\1C. The molecule has 78 valence electrons. The van der Waals surface area contributed by atoms with E-state index in [9.17, 15) is 0 Å². The molecule has 0 amide bonds. The van der Waals surface area contributed by atoms with Crippen molar-refractivity contribution in [2.75, 3.05) is 0 Å². The summed E-state index contributed by atoms with van der Waals surface area (Å²) in [5.74, 6) is 0. The molecular formula is C13H20S. The van der Waals surface area contributed by atoms with Gasteiger partial charge in [0.25, 0.3) is 0 Å². The van der Waals surface area contributed by atoms with E-state index < -0.39 is 0 Å². The minimum atomic E-state index is -0.128. The highest BCUT2D eigenvalue weighted by Gasteiger charge is 2.19. The van der Waals surface area contributed by atoms with Gasteiger partial charge < -0.3 is 0 Å². The van der Waals surface area contributed by atoms with E-state index in [4.69, 9.17) is 0 Å². The van der Waals surface area contributed by atoms with Crippen LogP contribution in [0.4, 0.5) is 0 Å². The molecule has 0 fully saturated rings. The second-order valence-electron chi connectivity index (χ2n) is 5.04. The molecule has 0 saturated heterocycles. The van der Waals surface area contributed by atoms with Gasteiger partial charge in [-0.3, -0.25) is 0 Å². The van der Waals surface area contributed by atoms with Crippen molar-refractivity contribution in [3.8, 4) is 0 Å². The number of allylic oxidation sites excluding steroid dienone is 4. The molecule has 0 saturated carbocycles. The van der Waals surface area contributed by atoms with Gasteiger partial charge in [0.15, 0.2) is 0 Å². The van der Waals surface area contributed by atoms with E-state index in [0.29, 0.717) is 0 Å². The quantitative estimate of drug-likeness (QED) is 0.448. The Bertz CT molecular complexity index is 282. The molecule has 1 rings (SSSR count). The summed E-state index contributed by atoms with van der Waals surface area (Å²) in [5.41, 5.74) is 2.79. The zero-order valence-electron chi connectivity index (χ0n) is 9.76. The Morgan fingerprint density at radius 1 is 0.929 bits per heavy atom. The summed E-state index contributed by atoms with van der Waals surface area (Å²) in [6.45, 7) is 10.9. The van der Waals surface area contributed by atoms with E-state index >= 15 is 0 Å². The summed E-state index contributed by atoms with van der Waals surface area (Å²) in [5, 5.41) is 0. The molecule has 0 radical (unpaired) electrons. The van der Waals surface area contributed by atoms with Crippen LogP contribution in [0.15, 0.2) is 35.5 Å². The number of thiol groups is 1. The zero-order valence-corrected chi connectivity index (χ0v) is 10.7. The lowest BCUT2D eigenvalue weighted by molar-refractivity contribution is 0.615. The summed E-state index contributed by atoms with van der Waals surface area (Å²) < 4.78 is -0.128. The Labute approximate surface area is 93.2 Å². The van der Waals surface area contributed by atoms with E-state index in [1.54, 1.807) is 0 Å². The van der Waals surface area contributed by atoms with Crippen molar-refractivity contribution in [3.63, 3.8) is 0 Å². The number of hydrogen-bond donors (Lipinski definition) is 1. The molecule has 0 aromatic rings. The largest absolute Gasteiger partial charge is 0.164 e. The first kappa shape index (κ1) is 11.6. The Morgan fingerprint density at radius 3 is 2.00 bits per heavy atom. The second-order valence-corrected chi connectivity index (χ2v) is 6.00. The van der Waals surface area contributed by atoms with Crippen molar-refractivity contribution in [1.29, 1.82) is 0 Å². The summed E-state index contributed by atoms with van der Waals surface area (Å²) >= 11 is 4.62. The van der Waals surface area contributed by atoms with Crippen LogP contribution in [0.25, 0.3) is 0 Å². The van der Waals surface area contributed by atoms with Crippen LogP contribution < -0.4 is 0 Å². The maximum absolute atomic E-state index is 4.62. The van der Waals surface area contributed by atoms with Gasteiger partial charge in [-0.1, -0.05) is 49.3 Å². The highest BCUT2D eigenvalue weighted by atomic mass is 32.1. The molecule has 1 aliphatic carbocycles. The lowest BCUT2D eigenvalue weighted by Crippen LogP contribution is -2.15. The van der Waals surface area contributed by atoms with Gasteiger partial charge in [0, 0.05) is 10.2 Å². The first-order valence-electron chi connectivity index (χ1n) is 5.04. The van der Waals surface area contributed by atoms with Crippen LogP contribution in [0.2, 0.25) is 0 Å².